The number of nitrogen functional groups attached to an aromatic ring is 1. The fourth-order valence-corrected chi connectivity index (χ4v) is 4.90. The van der Waals surface area contributed by atoms with Crippen LogP contribution in [-0.2, 0) is 4.79 Å². The molecule has 0 aromatic heterocycles. The Labute approximate surface area is 139 Å². The quantitative estimate of drug-likeness (QED) is 0.328. The molecule has 4 nitrogen and oxygen atoms in total. The molecule has 0 aliphatic heterocycles. The molecule has 7 heteroatoms. The van der Waals surface area contributed by atoms with Crippen LogP contribution in [0.25, 0.3) is 0 Å². The average molecular weight is 568 g/mol. The van der Waals surface area contributed by atoms with E-state index in [1.165, 1.54) is 0 Å². The molecule has 0 atom stereocenters. The Kier molecular flexibility index (Phi) is 5.63. The van der Waals surface area contributed by atoms with Crippen molar-refractivity contribution in [1.82, 2.24) is 5.32 Å². The number of benzene rings is 1. The fourth-order valence-electron chi connectivity index (χ4n) is 1.04. The third-order valence-electron chi connectivity index (χ3n) is 1.85. The van der Waals surface area contributed by atoms with Crippen LogP contribution < -0.4 is 11.1 Å². The first-order valence-corrected chi connectivity index (χ1v) is 7.52. The molecule has 1 aromatic carbocycles. The fraction of sp³-hybridized carbons (Fsp3) is 0. The lowest BCUT2D eigenvalue weighted by molar-refractivity contribution is -0.115. The Balaban J connectivity index is 3.23. The highest BCUT2D eigenvalue weighted by atomic mass is 127. The van der Waals surface area contributed by atoms with Gasteiger partial charge >= 0.3 is 0 Å². The number of anilines is 1. The SMILES string of the molecule is C=CC(=O)NC(=O)c1c(I)cc(I)c(N)c1I. The van der Waals surface area contributed by atoms with Crippen LogP contribution in [0.15, 0.2) is 18.7 Å². The molecular weight excluding hydrogens is 561 g/mol. The molecule has 0 heterocycles. The predicted octanol–water partition coefficient (Wildman–Crippen LogP) is 2.52. The lowest BCUT2D eigenvalue weighted by Gasteiger charge is -2.10. The zero-order chi connectivity index (χ0) is 13.2. The third kappa shape index (κ3) is 3.53. The maximum Gasteiger partial charge on any atom is 0.260 e. The van der Waals surface area contributed by atoms with E-state index in [1.54, 1.807) is 6.07 Å². The first-order valence-electron chi connectivity index (χ1n) is 4.29. The van der Waals surface area contributed by atoms with Crippen LogP contribution in [0.3, 0.4) is 0 Å². The van der Waals surface area contributed by atoms with E-state index in [0.29, 0.717) is 14.8 Å². The van der Waals surface area contributed by atoms with Gasteiger partial charge in [-0.3, -0.25) is 14.9 Å². The third-order valence-corrected chi connectivity index (χ3v) is 4.72. The van der Waals surface area contributed by atoms with Gasteiger partial charge in [0.05, 0.1) is 14.8 Å². The van der Waals surface area contributed by atoms with Gasteiger partial charge in [0.25, 0.3) is 5.91 Å². The van der Waals surface area contributed by atoms with Crippen molar-refractivity contribution in [3.63, 3.8) is 0 Å². The molecule has 17 heavy (non-hydrogen) atoms. The number of imide groups is 1. The summed E-state index contributed by atoms with van der Waals surface area (Å²) < 4.78 is 2.27. The van der Waals surface area contributed by atoms with Gasteiger partial charge in [0.2, 0.25) is 5.91 Å². The molecular formula is C10H7I3N2O2. The van der Waals surface area contributed by atoms with Gasteiger partial charge in [0.1, 0.15) is 0 Å². The van der Waals surface area contributed by atoms with Crippen LogP contribution in [0.1, 0.15) is 10.4 Å². The number of rotatable bonds is 2. The van der Waals surface area contributed by atoms with Gasteiger partial charge in [-0.25, -0.2) is 0 Å². The Morgan fingerprint density at radius 2 is 1.88 bits per heavy atom. The van der Waals surface area contributed by atoms with Crippen LogP contribution in [-0.4, -0.2) is 11.8 Å². The normalized spacial score (nSPS) is 9.82. The van der Waals surface area contributed by atoms with Gasteiger partial charge in [-0.15, -0.1) is 0 Å². The van der Waals surface area contributed by atoms with E-state index >= 15 is 0 Å². The second-order valence-corrected chi connectivity index (χ2v) is 6.37. The second kappa shape index (κ2) is 6.31. The van der Waals surface area contributed by atoms with Crippen LogP contribution in [0.4, 0.5) is 5.69 Å². The molecule has 0 aliphatic rings. The Morgan fingerprint density at radius 3 is 2.41 bits per heavy atom. The van der Waals surface area contributed by atoms with Crippen molar-refractivity contribution >= 4 is 85.3 Å². The number of carbonyl (C=O) groups is 2. The van der Waals surface area contributed by atoms with E-state index < -0.39 is 11.8 Å². The van der Waals surface area contributed by atoms with Crippen LogP contribution >= 0.6 is 67.8 Å². The Hall–Kier alpha value is 0.0900. The molecule has 0 aliphatic carbocycles. The van der Waals surface area contributed by atoms with Gasteiger partial charge in [-0.1, -0.05) is 6.58 Å². The molecule has 3 N–H and O–H groups in total. The number of nitrogens with two attached hydrogens (primary N) is 1. The van der Waals surface area contributed by atoms with Gasteiger partial charge in [0, 0.05) is 7.14 Å². The van der Waals surface area contributed by atoms with Crippen molar-refractivity contribution in [1.29, 1.82) is 0 Å². The van der Waals surface area contributed by atoms with Crippen molar-refractivity contribution in [2.75, 3.05) is 5.73 Å². The predicted molar refractivity (Wildman–Crippen MR) is 91.7 cm³/mol. The summed E-state index contributed by atoms with van der Waals surface area (Å²) >= 11 is 6.14. The van der Waals surface area contributed by atoms with E-state index in [4.69, 9.17) is 5.73 Å². The highest BCUT2D eigenvalue weighted by Gasteiger charge is 2.19. The van der Waals surface area contributed by atoms with Crippen molar-refractivity contribution in [2.45, 2.75) is 0 Å². The second-order valence-electron chi connectivity index (χ2n) is 2.97. The summed E-state index contributed by atoms with van der Waals surface area (Å²) in [5, 5.41) is 2.21. The lowest BCUT2D eigenvalue weighted by atomic mass is 10.2. The molecule has 90 valence electrons. The van der Waals surface area contributed by atoms with Crippen LogP contribution in [0.2, 0.25) is 0 Å². The van der Waals surface area contributed by atoms with Crippen molar-refractivity contribution in [2.24, 2.45) is 0 Å². The first kappa shape index (κ1) is 15.1. The molecule has 0 bridgehead atoms. The monoisotopic (exact) mass is 568 g/mol. The van der Waals surface area contributed by atoms with E-state index in [2.05, 4.69) is 34.5 Å². The summed E-state index contributed by atoms with van der Waals surface area (Å²) in [6.45, 7) is 3.29. The summed E-state index contributed by atoms with van der Waals surface area (Å²) in [6, 6.07) is 1.80. The molecule has 0 spiro atoms. The molecule has 1 rings (SSSR count). The summed E-state index contributed by atoms with van der Waals surface area (Å²) in [7, 11) is 0. The van der Waals surface area contributed by atoms with Gasteiger partial charge in [-0.05, 0) is 79.9 Å². The molecule has 1 aromatic rings. The molecule has 0 unspecified atom stereocenters. The minimum Gasteiger partial charge on any atom is -0.397 e. The first-order chi connectivity index (χ1) is 7.88. The number of hydrogen-bond acceptors (Lipinski definition) is 3. The number of carbonyl (C=O) groups excluding carboxylic acids is 2. The zero-order valence-corrected chi connectivity index (χ0v) is 14.9. The zero-order valence-electron chi connectivity index (χ0n) is 8.39. The number of halogens is 3. The minimum absolute atomic E-state index is 0.416. The standard InChI is InChI=1S/C10H7I3N2O2/c1-2-6(16)15-10(17)7-4(11)3-5(12)9(14)8(7)13/h2-3H,1,14H2,(H,15,16,17). The summed E-state index contributed by atoms with van der Waals surface area (Å²) in [6.07, 6.45) is 1.05. The maximum absolute atomic E-state index is 11.9. The molecule has 0 saturated heterocycles. The van der Waals surface area contributed by atoms with E-state index in [1.807, 2.05) is 45.2 Å². The minimum atomic E-state index is -0.529. The van der Waals surface area contributed by atoms with Crippen molar-refractivity contribution in [3.8, 4) is 0 Å². The van der Waals surface area contributed by atoms with Crippen LogP contribution in [0, 0.1) is 10.7 Å². The molecule has 2 amide bonds. The Bertz CT molecular complexity index is 515. The Morgan fingerprint density at radius 1 is 1.29 bits per heavy atom. The lowest BCUT2D eigenvalue weighted by Crippen LogP contribution is -2.30. The average Bonchev–Trinajstić information content (AvgIpc) is 2.25. The highest BCUT2D eigenvalue weighted by molar-refractivity contribution is 14.1. The topological polar surface area (TPSA) is 72.2 Å². The molecule has 0 fully saturated rings. The summed E-state index contributed by atoms with van der Waals surface area (Å²) in [5.74, 6) is -0.995. The van der Waals surface area contributed by atoms with Crippen molar-refractivity contribution in [3.05, 3.63) is 35.0 Å². The van der Waals surface area contributed by atoms with E-state index in [9.17, 15) is 9.59 Å². The largest absolute Gasteiger partial charge is 0.397 e. The van der Waals surface area contributed by atoms with Gasteiger partial charge in [0.15, 0.2) is 0 Å². The number of hydrogen-bond donors (Lipinski definition) is 2. The smallest absolute Gasteiger partial charge is 0.260 e. The number of amides is 2. The van der Waals surface area contributed by atoms with Gasteiger partial charge in [-0.2, -0.15) is 0 Å². The van der Waals surface area contributed by atoms with Crippen molar-refractivity contribution < 1.29 is 9.59 Å². The number of nitrogens with one attached hydrogen (secondary N) is 1. The van der Waals surface area contributed by atoms with Crippen LogP contribution in [0.5, 0.6) is 0 Å². The van der Waals surface area contributed by atoms with E-state index in [0.717, 1.165) is 13.2 Å². The van der Waals surface area contributed by atoms with E-state index in [-0.39, 0.29) is 0 Å². The molecule has 0 saturated carbocycles. The summed E-state index contributed by atoms with van der Waals surface area (Å²) in [4.78, 5) is 23.0. The maximum atomic E-state index is 11.9. The molecule has 0 radical (unpaired) electrons. The summed E-state index contributed by atoms with van der Waals surface area (Å²) in [5.41, 5.74) is 6.81. The highest BCUT2D eigenvalue weighted by Crippen LogP contribution is 2.29. The van der Waals surface area contributed by atoms with Gasteiger partial charge < -0.3 is 5.73 Å².